The van der Waals surface area contributed by atoms with Gasteiger partial charge in [-0.25, -0.2) is 0 Å². The van der Waals surface area contributed by atoms with E-state index in [2.05, 4.69) is 0 Å². The van der Waals surface area contributed by atoms with E-state index in [0.717, 1.165) is 0 Å². The monoisotopic (exact) mass is 305 g/mol. The zero-order valence-electron chi connectivity index (χ0n) is 11.9. The summed E-state index contributed by atoms with van der Waals surface area (Å²) in [7, 11) is 0. The van der Waals surface area contributed by atoms with Gasteiger partial charge in [0.25, 0.3) is 11.6 Å². The zero-order valence-corrected chi connectivity index (χ0v) is 11.9. The molecule has 22 heavy (non-hydrogen) atoms. The van der Waals surface area contributed by atoms with Gasteiger partial charge in [-0.05, 0) is 24.6 Å². The first-order chi connectivity index (χ1) is 10.4. The lowest BCUT2D eigenvalue weighted by atomic mass is 9.96. The fourth-order valence-corrected chi connectivity index (χ4v) is 2.51. The molecule has 0 aliphatic carbocycles. The van der Waals surface area contributed by atoms with Gasteiger partial charge in [-0.15, -0.1) is 0 Å². The van der Waals surface area contributed by atoms with Crippen LogP contribution in [0.15, 0.2) is 35.6 Å². The summed E-state index contributed by atoms with van der Waals surface area (Å²) in [5.74, 6) is -1.70. The maximum absolute atomic E-state index is 12.1. The molecule has 0 saturated heterocycles. The summed E-state index contributed by atoms with van der Waals surface area (Å²) in [6.45, 7) is 1.57. The SMILES string of the molecule is CC(=O)C1=C(O)C(=O)N(CCN)C1c1ccc([N+](=O)[O-])cc1. The molecule has 1 unspecified atom stereocenters. The summed E-state index contributed by atoms with van der Waals surface area (Å²) in [4.78, 5) is 35.3. The van der Waals surface area contributed by atoms with Crippen LogP contribution in [0.3, 0.4) is 0 Å². The molecule has 116 valence electrons. The van der Waals surface area contributed by atoms with Gasteiger partial charge in [0.05, 0.1) is 16.5 Å². The van der Waals surface area contributed by atoms with E-state index < -0.39 is 28.4 Å². The van der Waals surface area contributed by atoms with Gasteiger partial charge in [-0.1, -0.05) is 0 Å². The number of aliphatic hydroxyl groups excluding tert-OH is 1. The molecule has 1 aliphatic heterocycles. The Morgan fingerprint density at radius 1 is 1.41 bits per heavy atom. The maximum atomic E-state index is 12.1. The number of carbonyl (C=O) groups is 2. The number of carbonyl (C=O) groups excluding carboxylic acids is 2. The van der Waals surface area contributed by atoms with Crippen LogP contribution >= 0.6 is 0 Å². The van der Waals surface area contributed by atoms with Crippen molar-refractivity contribution in [2.45, 2.75) is 13.0 Å². The van der Waals surface area contributed by atoms with Crippen LogP contribution in [0.4, 0.5) is 5.69 Å². The molecule has 0 bridgehead atoms. The lowest BCUT2D eigenvalue weighted by Gasteiger charge is -2.25. The average Bonchev–Trinajstić information content (AvgIpc) is 2.72. The van der Waals surface area contributed by atoms with Crippen molar-refractivity contribution in [3.05, 3.63) is 51.3 Å². The van der Waals surface area contributed by atoms with Crippen molar-refractivity contribution in [3.63, 3.8) is 0 Å². The second kappa shape index (κ2) is 5.94. The Labute approximate surface area is 126 Å². The lowest BCUT2D eigenvalue weighted by Crippen LogP contribution is -2.35. The quantitative estimate of drug-likeness (QED) is 0.613. The number of ketones is 1. The van der Waals surface area contributed by atoms with Crippen molar-refractivity contribution in [2.24, 2.45) is 5.73 Å². The molecule has 1 aromatic carbocycles. The minimum atomic E-state index is -0.783. The third-order valence-corrected chi connectivity index (χ3v) is 3.47. The number of Topliss-reactive ketones (excluding diaryl/α,β-unsaturated/α-hetero) is 1. The number of non-ortho nitro benzene ring substituents is 1. The second-order valence-corrected chi connectivity index (χ2v) is 4.86. The summed E-state index contributed by atoms with van der Waals surface area (Å²) >= 11 is 0. The van der Waals surface area contributed by atoms with Gasteiger partial charge in [0.1, 0.15) is 0 Å². The summed E-state index contributed by atoms with van der Waals surface area (Å²) in [5.41, 5.74) is 5.85. The number of rotatable bonds is 5. The van der Waals surface area contributed by atoms with E-state index >= 15 is 0 Å². The minimum absolute atomic E-state index is 0.0210. The molecule has 0 saturated carbocycles. The van der Waals surface area contributed by atoms with E-state index in [0.29, 0.717) is 5.56 Å². The predicted octanol–water partition coefficient (Wildman–Crippen LogP) is 0.838. The predicted molar refractivity (Wildman–Crippen MR) is 76.9 cm³/mol. The highest BCUT2D eigenvalue weighted by molar-refractivity contribution is 6.08. The highest BCUT2D eigenvalue weighted by atomic mass is 16.6. The van der Waals surface area contributed by atoms with E-state index in [9.17, 15) is 24.8 Å². The number of aliphatic hydroxyl groups is 1. The fourth-order valence-electron chi connectivity index (χ4n) is 2.51. The van der Waals surface area contributed by atoms with Gasteiger partial charge in [0.2, 0.25) is 0 Å². The Hall–Kier alpha value is -2.74. The fraction of sp³-hybridized carbons (Fsp3) is 0.286. The molecule has 8 nitrogen and oxygen atoms in total. The third kappa shape index (κ3) is 2.56. The average molecular weight is 305 g/mol. The third-order valence-electron chi connectivity index (χ3n) is 3.47. The molecule has 1 aromatic rings. The summed E-state index contributed by atoms with van der Waals surface area (Å²) in [6.07, 6.45) is 0. The molecular weight excluding hydrogens is 290 g/mol. The Kier molecular flexibility index (Phi) is 4.22. The molecular formula is C14H15N3O5. The molecule has 1 heterocycles. The van der Waals surface area contributed by atoms with Gasteiger partial charge in [-0.2, -0.15) is 0 Å². The first-order valence-electron chi connectivity index (χ1n) is 6.58. The van der Waals surface area contributed by atoms with Gasteiger partial charge in [0, 0.05) is 25.2 Å². The van der Waals surface area contributed by atoms with Gasteiger partial charge in [0.15, 0.2) is 11.5 Å². The van der Waals surface area contributed by atoms with Crippen LogP contribution in [0.5, 0.6) is 0 Å². The van der Waals surface area contributed by atoms with Crippen LogP contribution < -0.4 is 5.73 Å². The first kappa shape index (κ1) is 15.6. The number of amides is 1. The molecule has 1 amide bonds. The van der Waals surface area contributed by atoms with Crippen molar-refractivity contribution < 1.29 is 19.6 Å². The van der Waals surface area contributed by atoms with Crippen molar-refractivity contribution in [2.75, 3.05) is 13.1 Å². The zero-order chi connectivity index (χ0) is 16.4. The molecule has 3 N–H and O–H groups in total. The topological polar surface area (TPSA) is 127 Å². The number of nitro benzene ring substituents is 1. The molecule has 0 radical (unpaired) electrons. The highest BCUT2D eigenvalue weighted by Gasteiger charge is 2.41. The van der Waals surface area contributed by atoms with Crippen molar-refractivity contribution in [1.29, 1.82) is 0 Å². The molecule has 1 aliphatic rings. The van der Waals surface area contributed by atoms with E-state index in [-0.39, 0.29) is 24.4 Å². The number of nitrogens with zero attached hydrogens (tertiary/aromatic N) is 2. The normalized spacial score (nSPS) is 18.0. The second-order valence-electron chi connectivity index (χ2n) is 4.86. The van der Waals surface area contributed by atoms with Crippen LogP contribution in [0.25, 0.3) is 0 Å². The summed E-state index contributed by atoms with van der Waals surface area (Å²) in [5, 5.41) is 20.6. The number of hydrogen-bond acceptors (Lipinski definition) is 6. The van der Waals surface area contributed by atoms with Crippen molar-refractivity contribution >= 4 is 17.4 Å². The van der Waals surface area contributed by atoms with Crippen molar-refractivity contribution in [3.8, 4) is 0 Å². The molecule has 0 spiro atoms. The van der Waals surface area contributed by atoms with Crippen LogP contribution in [0, 0.1) is 10.1 Å². The molecule has 0 fully saturated rings. The van der Waals surface area contributed by atoms with E-state index in [4.69, 9.17) is 5.73 Å². The largest absolute Gasteiger partial charge is 0.503 e. The Morgan fingerprint density at radius 3 is 2.45 bits per heavy atom. The lowest BCUT2D eigenvalue weighted by molar-refractivity contribution is -0.384. The van der Waals surface area contributed by atoms with Gasteiger partial charge >= 0.3 is 0 Å². The molecule has 0 aromatic heterocycles. The molecule has 1 atom stereocenters. The minimum Gasteiger partial charge on any atom is -0.503 e. The van der Waals surface area contributed by atoms with Crippen LogP contribution in [0.2, 0.25) is 0 Å². The summed E-state index contributed by atoms with van der Waals surface area (Å²) < 4.78 is 0. The van der Waals surface area contributed by atoms with Gasteiger partial charge in [-0.3, -0.25) is 19.7 Å². The van der Waals surface area contributed by atoms with Crippen LogP contribution in [-0.2, 0) is 9.59 Å². The Balaban J connectivity index is 2.49. The highest BCUT2D eigenvalue weighted by Crippen LogP contribution is 2.37. The Morgan fingerprint density at radius 2 is 2.00 bits per heavy atom. The maximum Gasteiger partial charge on any atom is 0.290 e. The van der Waals surface area contributed by atoms with Crippen molar-refractivity contribution in [1.82, 2.24) is 4.90 Å². The van der Waals surface area contributed by atoms with E-state index in [1.165, 1.54) is 36.1 Å². The van der Waals surface area contributed by atoms with Gasteiger partial charge < -0.3 is 15.7 Å². The number of nitro groups is 1. The molecule has 8 heteroatoms. The molecule has 2 rings (SSSR count). The van der Waals surface area contributed by atoms with Crippen LogP contribution in [-0.4, -0.2) is 39.7 Å². The summed E-state index contributed by atoms with van der Waals surface area (Å²) in [6, 6.07) is 4.71. The van der Waals surface area contributed by atoms with E-state index in [1.54, 1.807) is 0 Å². The first-order valence-corrected chi connectivity index (χ1v) is 6.58. The smallest absolute Gasteiger partial charge is 0.290 e. The number of nitrogens with two attached hydrogens (primary N) is 1. The number of benzene rings is 1. The van der Waals surface area contributed by atoms with E-state index in [1.807, 2.05) is 0 Å². The number of hydrogen-bond donors (Lipinski definition) is 2. The van der Waals surface area contributed by atoms with Crippen LogP contribution in [0.1, 0.15) is 18.5 Å². The Bertz CT molecular complexity index is 666. The standard InChI is InChI=1S/C14H15N3O5/c1-8(18)11-12(16(7-6-15)14(20)13(11)19)9-2-4-10(5-3-9)17(21)22/h2-5,12,19H,6-7,15H2,1H3.